The van der Waals surface area contributed by atoms with E-state index in [9.17, 15) is 4.79 Å². The SMILES string of the molecule is CSc1cccc(NC(=O)c2cnccn2)c1. The number of hydrogen-bond acceptors (Lipinski definition) is 4. The summed E-state index contributed by atoms with van der Waals surface area (Å²) < 4.78 is 0. The Morgan fingerprint density at radius 2 is 2.24 bits per heavy atom. The number of nitrogens with zero attached hydrogens (tertiary/aromatic N) is 2. The van der Waals surface area contributed by atoms with Crippen molar-refractivity contribution in [2.75, 3.05) is 11.6 Å². The van der Waals surface area contributed by atoms with Crippen molar-refractivity contribution in [3.8, 4) is 0 Å². The molecule has 0 aliphatic heterocycles. The fourth-order valence-corrected chi connectivity index (χ4v) is 1.77. The zero-order chi connectivity index (χ0) is 12.1. The van der Waals surface area contributed by atoms with Crippen molar-refractivity contribution in [1.82, 2.24) is 9.97 Å². The molecule has 1 N–H and O–H groups in total. The summed E-state index contributed by atoms with van der Waals surface area (Å²) in [6, 6.07) is 7.65. The van der Waals surface area contributed by atoms with Crippen molar-refractivity contribution in [3.05, 3.63) is 48.5 Å². The summed E-state index contributed by atoms with van der Waals surface area (Å²) in [4.78, 5) is 20.7. The number of carbonyl (C=O) groups is 1. The summed E-state index contributed by atoms with van der Waals surface area (Å²) >= 11 is 1.63. The normalized spacial score (nSPS) is 9.94. The minimum atomic E-state index is -0.253. The zero-order valence-electron chi connectivity index (χ0n) is 9.25. The van der Waals surface area contributed by atoms with Gasteiger partial charge in [0.25, 0.3) is 5.91 Å². The van der Waals surface area contributed by atoms with Gasteiger partial charge in [-0.2, -0.15) is 0 Å². The van der Waals surface area contributed by atoms with E-state index in [-0.39, 0.29) is 5.91 Å². The first-order valence-electron chi connectivity index (χ1n) is 5.01. The number of hydrogen-bond donors (Lipinski definition) is 1. The van der Waals surface area contributed by atoms with Crippen molar-refractivity contribution in [1.29, 1.82) is 0 Å². The van der Waals surface area contributed by atoms with Crippen molar-refractivity contribution in [2.45, 2.75) is 4.90 Å². The number of thioether (sulfide) groups is 1. The number of amides is 1. The van der Waals surface area contributed by atoms with E-state index < -0.39 is 0 Å². The smallest absolute Gasteiger partial charge is 0.275 e. The summed E-state index contributed by atoms with van der Waals surface area (Å²) in [5, 5.41) is 2.78. The molecular formula is C12H11N3OS. The van der Waals surface area contributed by atoms with E-state index in [1.54, 1.807) is 11.8 Å². The van der Waals surface area contributed by atoms with E-state index in [0.717, 1.165) is 10.6 Å². The van der Waals surface area contributed by atoms with Gasteiger partial charge >= 0.3 is 0 Å². The van der Waals surface area contributed by atoms with Crippen LogP contribution in [0.2, 0.25) is 0 Å². The number of aromatic nitrogens is 2. The second kappa shape index (κ2) is 5.45. The highest BCUT2D eigenvalue weighted by Gasteiger charge is 2.07. The van der Waals surface area contributed by atoms with Crippen LogP contribution in [0, 0.1) is 0 Å². The molecule has 1 amide bonds. The molecule has 0 saturated carbocycles. The molecule has 17 heavy (non-hydrogen) atoms. The molecule has 86 valence electrons. The van der Waals surface area contributed by atoms with Crippen LogP contribution >= 0.6 is 11.8 Å². The van der Waals surface area contributed by atoms with Gasteiger partial charge < -0.3 is 5.32 Å². The molecule has 0 radical (unpaired) electrons. The highest BCUT2D eigenvalue weighted by Crippen LogP contribution is 2.19. The van der Waals surface area contributed by atoms with Gasteiger partial charge in [-0.1, -0.05) is 6.07 Å². The molecule has 1 aromatic heterocycles. The van der Waals surface area contributed by atoms with Gasteiger partial charge in [0.1, 0.15) is 5.69 Å². The number of carbonyl (C=O) groups excluding carboxylic acids is 1. The first kappa shape index (κ1) is 11.6. The van der Waals surface area contributed by atoms with Gasteiger partial charge in [0.15, 0.2) is 0 Å². The largest absolute Gasteiger partial charge is 0.321 e. The Balaban J connectivity index is 2.13. The Bertz CT molecular complexity index is 516. The van der Waals surface area contributed by atoms with Gasteiger partial charge in [-0.15, -0.1) is 11.8 Å². The van der Waals surface area contributed by atoms with Crippen LogP contribution in [0.1, 0.15) is 10.5 Å². The predicted octanol–water partition coefficient (Wildman–Crippen LogP) is 2.45. The van der Waals surface area contributed by atoms with Gasteiger partial charge in [-0.25, -0.2) is 4.98 Å². The Labute approximate surface area is 103 Å². The van der Waals surface area contributed by atoms with Gasteiger partial charge in [0, 0.05) is 23.0 Å². The molecule has 0 spiro atoms. The van der Waals surface area contributed by atoms with Crippen LogP contribution in [0.3, 0.4) is 0 Å². The Morgan fingerprint density at radius 3 is 2.94 bits per heavy atom. The standard InChI is InChI=1S/C12H11N3OS/c1-17-10-4-2-3-9(7-10)15-12(16)11-8-13-5-6-14-11/h2-8H,1H3,(H,15,16). The molecule has 0 saturated heterocycles. The number of anilines is 1. The lowest BCUT2D eigenvalue weighted by Crippen LogP contribution is -2.13. The highest BCUT2D eigenvalue weighted by atomic mass is 32.2. The van der Waals surface area contributed by atoms with Crippen LogP contribution in [0.15, 0.2) is 47.8 Å². The molecule has 0 fully saturated rings. The summed E-state index contributed by atoms with van der Waals surface area (Å²) in [5.74, 6) is -0.253. The van der Waals surface area contributed by atoms with E-state index in [2.05, 4.69) is 15.3 Å². The molecule has 0 atom stereocenters. The molecule has 0 aliphatic carbocycles. The molecule has 4 nitrogen and oxygen atoms in total. The summed E-state index contributed by atoms with van der Waals surface area (Å²) in [6.07, 6.45) is 6.45. The van der Waals surface area contributed by atoms with Crippen LogP contribution in [0.4, 0.5) is 5.69 Å². The quantitative estimate of drug-likeness (QED) is 0.844. The molecular weight excluding hydrogens is 234 g/mol. The van der Waals surface area contributed by atoms with Crippen molar-refractivity contribution in [3.63, 3.8) is 0 Å². The molecule has 2 rings (SSSR count). The van der Waals surface area contributed by atoms with Crippen LogP contribution < -0.4 is 5.32 Å². The minimum Gasteiger partial charge on any atom is -0.321 e. The third-order valence-corrected chi connectivity index (χ3v) is 2.85. The van der Waals surface area contributed by atoms with Crippen molar-refractivity contribution >= 4 is 23.4 Å². The summed E-state index contributed by atoms with van der Waals surface area (Å²) in [7, 11) is 0. The third kappa shape index (κ3) is 3.04. The van der Waals surface area contributed by atoms with Gasteiger partial charge in [0.05, 0.1) is 6.20 Å². The van der Waals surface area contributed by atoms with E-state index in [1.165, 1.54) is 18.6 Å². The first-order chi connectivity index (χ1) is 8.29. The maximum atomic E-state index is 11.8. The number of benzene rings is 1. The molecule has 0 bridgehead atoms. The van der Waals surface area contributed by atoms with Crippen LogP contribution in [0.5, 0.6) is 0 Å². The average molecular weight is 245 g/mol. The maximum absolute atomic E-state index is 11.8. The van der Waals surface area contributed by atoms with Crippen LogP contribution in [-0.2, 0) is 0 Å². The van der Waals surface area contributed by atoms with Crippen LogP contribution in [0.25, 0.3) is 0 Å². The molecule has 0 unspecified atom stereocenters. The van der Waals surface area contributed by atoms with Gasteiger partial charge in [-0.3, -0.25) is 9.78 Å². The Kier molecular flexibility index (Phi) is 3.72. The third-order valence-electron chi connectivity index (χ3n) is 2.12. The lowest BCUT2D eigenvalue weighted by atomic mass is 10.3. The number of nitrogens with one attached hydrogen (secondary N) is 1. The first-order valence-corrected chi connectivity index (χ1v) is 6.23. The average Bonchev–Trinajstić information content (AvgIpc) is 2.40. The summed E-state index contributed by atoms with van der Waals surface area (Å²) in [6.45, 7) is 0. The molecule has 5 heteroatoms. The number of rotatable bonds is 3. The monoisotopic (exact) mass is 245 g/mol. The predicted molar refractivity (Wildman–Crippen MR) is 68.2 cm³/mol. The van der Waals surface area contributed by atoms with Crippen molar-refractivity contribution < 1.29 is 4.79 Å². The lowest BCUT2D eigenvalue weighted by Gasteiger charge is -2.05. The second-order valence-corrected chi connectivity index (χ2v) is 4.16. The Morgan fingerprint density at radius 1 is 1.35 bits per heavy atom. The van der Waals surface area contributed by atoms with Crippen molar-refractivity contribution in [2.24, 2.45) is 0 Å². The molecule has 1 heterocycles. The van der Waals surface area contributed by atoms with E-state index >= 15 is 0 Å². The van der Waals surface area contributed by atoms with E-state index in [4.69, 9.17) is 0 Å². The molecule has 2 aromatic rings. The molecule has 0 aliphatic rings. The second-order valence-electron chi connectivity index (χ2n) is 3.28. The van der Waals surface area contributed by atoms with E-state index in [1.807, 2.05) is 30.5 Å². The highest BCUT2D eigenvalue weighted by molar-refractivity contribution is 7.98. The topological polar surface area (TPSA) is 54.9 Å². The minimum absolute atomic E-state index is 0.253. The van der Waals surface area contributed by atoms with Crippen LogP contribution in [-0.4, -0.2) is 22.1 Å². The fourth-order valence-electron chi connectivity index (χ4n) is 1.31. The lowest BCUT2D eigenvalue weighted by molar-refractivity contribution is 0.102. The maximum Gasteiger partial charge on any atom is 0.275 e. The summed E-state index contributed by atoms with van der Waals surface area (Å²) in [5.41, 5.74) is 1.06. The van der Waals surface area contributed by atoms with Gasteiger partial charge in [0.2, 0.25) is 0 Å². The van der Waals surface area contributed by atoms with Gasteiger partial charge in [-0.05, 0) is 24.5 Å². The van der Waals surface area contributed by atoms with E-state index in [0.29, 0.717) is 5.69 Å². The Hall–Kier alpha value is -1.88. The fraction of sp³-hybridized carbons (Fsp3) is 0.0833. The molecule has 1 aromatic carbocycles. The zero-order valence-corrected chi connectivity index (χ0v) is 10.1.